The maximum absolute atomic E-state index is 11.7. The van der Waals surface area contributed by atoms with Gasteiger partial charge in [-0.1, -0.05) is 17.7 Å². The summed E-state index contributed by atoms with van der Waals surface area (Å²) in [6.45, 7) is 1.89. The van der Waals surface area contributed by atoms with Crippen LogP contribution in [0.2, 0.25) is 0 Å². The van der Waals surface area contributed by atoms with Crippen molar-refractivity contribution in [1.29, 1.82) is 0 Å². The Kier molecular flexibility index (Phi) is 4.51. The summed E-state index contributed by atoms with van der Waals surface area (Å²) in [6.07, 6.45) is 0. The number of carbonyl (C=O) groups excluding carboxylic acids is 2. The summed E-state index contributed by atoms with van der Waals surface area (Å²) in [4.78, 5) is 23.9. The van der Waals surface area contributed by atoms with Gasteiger partial charge in [0.15, 0.2) is 0 Å². The lowest BCUT2D eigenvalue weighted by atomic mass is 10.2. The van der Waals surface area contributed by atoms with Gasteiger partial charge < -0.3 is 15.0 Å². The number of anilines is 1. The molecule has 0 aliphatic heterocycles. The van der Waals surface area contributed by atoms with Gasteiger partial charge in [-0.2, -0.15) is 0 Å². The molecule has 5 heteroatoms. The van der Waals surface area contributed by atoms with Crippen LogP contribution >= 0.6 is 0 Å². The van der Waals surface area contributed by atoms with Gasteiger partial charge in [-0.15, -0.1) is 0 Å². The summed E-state index contributed by atoms with van der Waals surface area (Å²) in [6, 6.07) is 7.06. The summed E-state index contributed by atoms with van der Waals surface area (Å²) in [5, 5.41) is 2.68. The van der Waals surface area contributed by atoms with Crippen molar-refractivity contribution in [3.05, 3.63) is 29.8 Å². The molecule has 0 saturated carbocycles. The molecule has 0 fully saturated rings. The van der Waals surface area contributed by atoms with Crippen molar-refractivity contribution in [2.75, 3.05) is 26.0 Å². The number of esters is 1. The number of rotatable bonds is 3. The van der Waals surface area contributed by atoms with E-state index in [2.05, 4.69) is 10.1 Å². The highest BCUT2D eigenvalue weighted by Gasteiger charge is 2.12. The minimum Gasteiger partial charge on any atom is -0.468 e. The van der Waals surface area contributed by atoms with Crippen LogP contribution in [0.4, 0.5) is 10.5 Å². The molecule has 1 aromatic carbocycles. The van der Waals surface area contributed by atoms with Gasteiger partial charge in [0.25, 0.3) is 0 Å². The number of nitrogens with zero attached hydrogens (tertiary/aromatic N) is 1. The van der Waals surface area contributed by atoms with E-state index in [9.17, 15) is 9.59 Å². The van der Waals surface area contributed by atoms with Crippen LogP contribution in [0.25, 0.3) is 0 Å². The summed E-state index contributed by atoms with van der Waals surface area (Å²) in [7, 11) is 2.81. The van der Waals surface area contributed by atoms with E-state index in [1.807, 2.05) is 19.1 Å². The first-order chi connectivity index (χ1) is 8.02. The molecule has 0 atom stereocenters. The Balaban J connectivity index is 2.54. The van der Waals surface area contributed by atoms with Gasteiger partial charge in [0.2, 0.25) is 0 Å². The molecule has 0 heterocycles. The van der Waals surface area contributed by atoms with E-state index in [1.165, 1.54) is 19.1 Å². The highest BCUT2D eigenvalue weighted by Crippen LogP contribution is 2.09. The molecule has 92 valence electrons. The number of hydrogen-bond donors (Lipinski definition) is 1. The van der Waals surface area contributed by atoms with E-state index in [0.717, 1.165) is 5.56 Å². The van der Waals surface area contributed by atoms with Gasteiger partial charge in [-0.25, -0.2) is 4.79 Å². The fourth-order valence-corrected chi connectivity index (χ4v) is 1.19. The molecule has 0 aliphatic rings. The van der Waals surface area contributed by atoms with Gasteiger partial charge in [0.1, 0.15) is 6.54 Å². The van der Waals surface area contributed by atoms with E-state index in [0.29, 0.717) is 5.69 Å². The fourth-order valence-electron chi connectivity index (χ4n) is 1.19. The van der Waals surface area contributed by atoms with E-state index < -0.39 is 5.97 Å². The first-order valence-electron chi connectivity index (χ1n) is 5.18. The van der Waals surface area contributed by atoms with Crippen molar-refractivity contribution in [2.45, 2.75) is 6.92 Å². The van der Waals surface area contributed by atoms with Gasteiger partial charge >= 0.3 is 12.0 Å². The Hall–Kier alpha value is -2.04. The average Bonchev–Trinajstić information content (AvgIpc) is 2.31. The molecular formula is C12H16N2O3. The number of hydrogen-bond acceptors (Lipinski definition) is 3. The molecule has 0 unspecified atom stereocenters. The van der Waals surface area contributed by atoms with Crippen LogP contribution in [0.3, 0.4) is 0 Å². The molecule has 5 nitrogen and oxygen atoms in total. The monoisotopic (exact) mass is 236 g/mol. The zero-order chi connectivity index (χ0) is 12.8. The number of carbonyl (C=O) groups is 2. The van der Waals surface area contributed by atoms with Gasteiger partial charge in [-0.3, -0.25) is 4.79 Å². The topological polar surface area (TPSA) is 58.6 Å². The van der Waals surface area contributed by atoms with E-state index in [-0.39, 0.29) is 12.6 Å². The van der Waals surface area contributed by atoms with Gasteiger partial charge in [-0.05, 0) is 19.1 Å². The quantitative estimate of drug-likeness (QED) is 0.811. The van der Waals surface area contributed by atoms with Crippen LogP contribution in [0.15, 0.2) is 24.3 Å². The number of methoxy groups -OCH3 is 1. The second-order valence-electron chi connectivity index (χ2n) is 3.73. The van der Waals surface area contributed by atoms with Crippen LogP contribution in [-0.4, -0.2) is 37.6 Å². The third-order valence-corrected chi connectivity index (χ3v) is 2.24. The van der Waals surface area contributed by atoms with E-state index >= 15 is 0 Å². The summed E-state index contributed by atoms with van der Waals surface area (Å²) in [5.41, 5.74) is 1.81. The Bertz CT molecular complexity index is 401. The lowest BCUT2D eigenvalue weighted by Crippen LogP contribution is -2.35. The molecule has 0 radical (unpaired) electrons. The molecule has 1 rings (SSSR count). The first-order valence-corrected chi connectivity index (χ1v) is 5.18. The number of ether oxygens (including phenoxy) is 1. The Morgan fingerprint density at radius 1 is 1.29 bits per heavy atom. The summed E-state index contributed by atoms with van der Waals surface area (Å²) < 4.78 is 4.48. The SMILES string of the molecule is COC(=O)CN(C)C(=O)Nc1ccc(C)cc1. The van der Waals surface area contributed by atoms with E-state index in [4.69, 9.17) is 0 Å². The molecule has 17 heavy (non-hydrogen) atoms. The number of aryl methyl sites for hydroxylation is 1. The van der Waals surface area contributed by atoms with Crippen molar-refractivity contribution < 1.29 is 14.3 Å². The van der Waals surface area contributed by atoms with Crippen molar-refractivity contribution in [1.82, 2.24) is 4.90 Å². The minimum atomic E-state index is -0.452. The van der Waals surface area contributed by atoms with Crippen molar-refractivity contribution in [3.8, 4) is 0 Å². The normalized spacial score (nSPS) is 9.59. The minimum absolute atomic E-state index is 0.0752. The summed E-state index contributed by atoms with van der Waals surface area (Å²) >= 11 is 0. The Labute approximate surface area is 100 Å². The number of benzene rings is 1. The van der Waals surface area contributed by atoms with Gasteiger partial charge in [0, 0.05) is 12.7 Å². The molecule has 0 bridgehead atoms. The maximum atomic E-state index is 11.7. The van der Waals surface area contributed by atoms with Crippen LogP contribution < -0.4 is 5.32 Å². The molecule has 0 saturated heterocycles. The van der Waals surface area contributed by atoms with Crippen molar-refractivity contribution >= 4 is 17.7 Å². The number of nitrogens with one attached hydrogen (secondary N) is 1. The Morgan fingerprint density at radius 2 is 1.88 bits per heavy atom. The highest BCUT2D eigenvalue weighted by molar-refractivity contribution is 5.91. The van der Waals surface area contributed by atoms with Crippen LogP contribution in [0.5, 0.6) is 0 Å². The molecule has 1 aromatic rings. The average molecular weight is 236 g/mol. The predicted molar refractivity (Wildman–Crippen MR) is 64.8 cm³/mol. The maximum Gasteiger partial charge on any atom is 0.325 e. The van der Waals surface area contributed by atoms with Crippen LogP contribution in [-0.2, 0) is 9.53 Å². The van der Waals surface area contributed by atoms with Gasteiger partial charge in [0.05, 0.1) is 7.11 Å². The predicted octanol–water partition coefficient (Wildman–Crippen LogP) is 1.63. The second kappa shape index (κ2) is 5.89. The Morgan fingerprint density at radius 3 is 2.41 bits per heavy atom. The first kappa shape index (κ1) is 13.0. The van der Waals surface area contributed by atoms with Crippen LogP contribution in [0.1, 0.15) is 5.56 Å². The van der Waals surface area contributed by atoms with Crippen LogP contribution in [0, 0.1) is 6.92 Å². The smallest absolute Gasteiger partial charge is 0.325 e. The summed E-state index contributed by atoms with van der Waals surface area (Å²) in [5.74, 6) is -0.452. The molecule has 2 amide bonds. The fraction of sp³-hybridized carbons (Fsp3) is 0.333. The van der Waals surface area contributed by atoms with Crippen molar-refractivity contribution in [2.24, 2.45) is 0 Å². The number of amides is 2. The zero-order valence-corrected chi connectivity index (χ0v) is 10.2. The third-order valence-electron chi connectivity index (χ3n) is 2.24. The lowest BCUT2D eigenvalue weighted by Gasteiger charge is -2.16. The molecule has 0 spiro atoms. The molecular weight excluding hydrogens is 220 g/mol. The zero-order valence-electron chi connectivity index (χ0n) is 10.2. The molecule has 1 N–H and O–H groups in total. The molecule has 0 aromatic heterocycles. The largest absolute Gasteiger partial charge is 0.468 e. The number of likely N-dealkylation sites (N-methyl/N-ethyl adjacent to an activating group) is 1. The highest BCUT2D eigenvalue weighted by atomic mass is 16.5. The second-order valence-corrected chi connectivity index (χ2v) is 3.73. The lowest BCUT2D eigenvalue weighted by molar-refractivity contribution is -0.140. The van der Waals surface area contributed by atoms with E-state index in [1.54, 1.807) is 12.1 Å². The number of urea groups is 1. The van der Waals surface area contributed by atoms with Crippen molar-refractivity contribution in [3.63, 3.8) is 0 Å². The standard InChI is InChI=1S/C12H16N2O3/c1-9-4-6-10(7-5-9)13-12(16)14(2)8-11(15)17-3/h4-7H,8H2,1-3H3,(H,13,16). The molecule has 0 aliphatic carbocycles. The third kappa shape index (κ3) is 4.14.